The Labute approximate surface area is 133 Å². The van der Waals surface area contributed by atoms with Gasteiger partial charge >= 0.3 is 0 Å². The lowest BCUT2D eigenvalue weighted by molar-refractivity contribution is 0.383. The van der Waals surface area contributed by atoms with Gasteiger partial charge in [0, 0.05) is 17.5 Å². The summed E-state index contributed by atoms with van der Waals surface area (Å²) in [4.78, 5) is 4.37. The standard InChI is InChI=1S/C16H19BrN2O2/c1-10-5-6-11(9-19-10)15(18-2)12-7-8-13(20-3)14(17)16(12)21-4/h5-9,15,18H,1-4H3. The summed E-state index contributed by atoms with van der Waals surface area (Å²) in [5.74, 6) is 1.50. The molecule has 21 heavy (non-hydrogen) atoms. The molecular formula is C16H19BrN2O2. The Morgan fingerprint density at radius 2 is 1.90 bits per heavy atom. The molecule has 5 heteroatoms. The quantitative estimate of drug-likeness (QED) is 0.896. The van der Waals surface area contributed by atoms with Crippen LogP contribution in [0.15, 0.2) is 34.9 Å². The highest BCUT2D eigenvalue weighted by atomic mass is 79.9. The van der Waals surface area contributed by atoms with Crippen LogP contribution in [0.5, 0.6) is 11.5 Å². The van der Waals surface area contributed by atoms with Crippen molar-refractivity contribution in [2.45, 2.75) is 13.0 Å². The molecule has 0 saturated carbocycles. The average Bonchev–Trinajstić information content (AvgIpc) is 2.50. The molecule has 1 N–H and O–H groups in total. The smallest absolute Gasteiger partial charge is 0.141 e. The third-order valence-electron chi connectivity index (χ3n) is 3.38. The first-order chi connectivity index (χ1) is 10.1. The topological polar surface area (TPSA) is 43.4 Å². The number of rotatable bonds is 5. The molecule has 0 aliphatic heterocycles. The van der Waals surface area contributed by atoms with Crippen molar-refractivity contribution in [3.05, 3.63) is 51.8 Å². The number of hydrogen-bond acceptors (Lipinski definition) is 4. The van der Waals surface area contributed by atoms with E-state index < -0.39 is 0 Å². The maximum Gasteiger partial charge on any atom is 0.141 e. The van der Waals surface area contributed by atoms with Gasteiger partial charge in [0.1, 0.15) is 16.0 Å². The average molecular weight is 351 g/mol. The molecular weight excluding hydrogens is 332 g/mol. The minimum atomic E-state index is -0.00439. The van der Waals surface area contributed by atoms with Crippen molar-refractivity contribution < 1.29 is 9.47 Å². The van der Waals surface area contributed by atoms with E-state index >= 15 is 0 Å². The Morgan fingerprint density at radius 1 is 1.14 bits per heavy atom. The van der Waals surface area contributed by atoms with Crippen LogP contribution in [0.4, 0.5) is 0 Å². The Hall–Kier alpha value is -1.59. The Kier molecular flexibility index (Phi) is 5.20. The minimum absolute atomic E-state index is 0.00439. The monoisotopic (exact) mass is 350 g/mol. The molecule has 0 fully saturated rings. The lowest BCUT2D eigenvalue weighted by Crippen LogP contribution is -2.19. The molecule has 1 aromatic heterocycles. The van der Waals surface area contributed by atoms with E-state index in [-0.39, 0.29) is 6.04 Å². The van der Waals surface area contributed by atoms with E-state index in [0.29, 0.717) is 0 Å². The fraction of sp³-hybridized carbons (Fsp3) is 0.312. The summed E-state index contributed by atoms with van der Waals surface area (Å²) >= 11 is 3.54. The van der Waals surface area contributed by atoms with Gasteiger partial charge in [-0.1, -0.05) is 6.07 Å². The second-order valence-electron chi connectivity index (χ2n) is 4.66. The van der Waals surface area contributed by atoms with Gasteiger partial charge in [-0.2, -0.15) is 0 Å². The first-order valence-electron chi connectivity index (χ1n) is 6.62. The van der Waals surface area contributed by atoms with E-state index in [0.717, 1.165) is 32.8 Å². The van der Waals surface area contributed by atoms with Crippen LogP contribution in [0.3, 0.4) is 0 Å². The minimum Gasteiger partial charge on any atom is -0.495 e. The van der Waals surface area contributed by atoms with Crippen molar-refractivity contribution in [3.63, 3.8) is 0 Å². The lowest BCUT2D eigenvalue weighted by atomic mass is 9.99. The highest BCUT2D eigenvalue weighted by Crippen LogP contribution is 2.41. The number of methoxy groups -OCH3 is 2. The van der Waals surface area contributed by atoms with E-state index in [4.69, 9.17) is 9.47 Å². The SMILES string of the molecule is CNC(c1ccc(C)nc1)c1ccc(OC)c(Br)c1OC. The number of halogens is 1. The normalized spacial score (nSPS) is 12.0. The molecule has 0 aliphatic rings. The molecule has 1 aromatic carbocycles. The molecule has 0 aliphatic carbocycles. The number of ether oxygens (including phenoxy) is 2. The Balaban J connectivity index is 2.52. The van der Waals surface area contributed by atoms with Crippen molar-refractivity contribution in [2.75, 3.05) is 21.3 Å². The third-order valence-corrected chi connectivity index (χ3v) is 4.13. The van der Waals surface area contributed by atoms with Crippen LogP contribution in [0.1, 0.15) is 22.9 Å². The fourth-order valence-electron chi connectivity index (χ4n) is 2.30. The second kappa shape index (κ2) is 6.91. The van der Waals surface area contributed by atoms with Gasteiger partial charge < -0.3 is 14.8 Å². The van der Waals surface area contributed by atoms with Gasteiger partial charge in [0.25, 0.3) is 0 Å². The van der Waals surface area contributed by atoms with Gasteiger partial charge in [-0.3, -0.25) is 4.98 Å². The molecule has 0 saturated heterocycles. The Morgan fingerprint density at radius 3 is 2.43 bits per heavy atom. The zero-order valence-corrected chi connectivity index (χ0v) is 14.2. The summed E-state index contributed by atoms with van der Waals surface area (Å²) in [6.07, 6.45) is 1.88. The van der Waals surface area contributed by atoms with Crippen LogP contribution in [0.2, 0.25) is 0 Å². The fourth-order valence-corrected chi connectivity index (χ4v) is 2.98. The zero-order chi connectivity index (χ0) is 15.4. The van der Waals surface area contributed by atoms with Crippen LogP contribution in [-0.2, 0) is 0 Å². The molecule has 0 radical (unpaired) electrons. The van der Waals surface area contributed by atoms with Crippen LogP contribution in [0, 0.1) is 6.92 Å². The van der Waals surface area contributed by atoms with Gasteiger partial charge in [-0.25, -0.2) is 0 Å². The summed E-state index contributed by atoms with van der Waals surface area (Å²) in [6, 6.07) is 8.00. The molecule has 1 atom stereocenters. The predicted molar refractivity (Wildman–Crippen MR) is 87.1 cm³/mol. The lowest BCUT2D eigenvalue weighted by Gasteiger charge is -2.21. The van der Waals surface area contributed by atoms with Gasteiger partial charge in [-0.15, -0.1) is 0 Å². The highest BCUT2D eigenvalue weighted by molar-refractivity contribution is 9.10. The summed E-state index contributed by atoms with van der Waals surface area (Å²) in [6.45, 7) is 1.97. The molecule has 1 unspecified atom stereocenters. The largest absolute Gasteiger partial charge is 0.495 e. The van der Waals surface area contributed by atoms with E-state index in [1.807, 2.05) is 38.4 Å². The van der Waals surface area contributed by atoms with Crippen molar-refractivity contribution in [2.24, 2.45) is 0 Å². The van der Waals surface area contributed by atoms with Crippen molar-refractivity contribution >= 4 is 15.9 Å². The summed E-state index contributed by atoms with van der Waals surface area (Å²) in [5, 5.41) is 3.31. The molecule has 0 bridgehead atoms. The number of nitrogens with zero attached hydrogens (tertiary/aromatic N) is 1. The molecule has 1 heterocycles. The first-order valence-corrected chi connectivity index (χ1v) is 7.41. The summed E-state index contributed by atoms with van der Waals surface area (Å²) in [7, 11) is 5.21. The zero-order valence-electron chi connectivity index (χ0n) is 12.6. The van der Waals surface area contributed by atoms with Gasteiger partial charge in [-0.05, 0) is 53.7 Å². The summed E-state index contributed by atoms with van der Waals surface area (Å²) in [5.41, 5.74) is 3.10. The van der Waals surface area contributed by atoms with Gasteiger partial charge in [0.15, 0.2) is 0 Å². The maximum absolute atomic E-state index is 5.56. The first kappa shape index (κ1) is 15.8. The molecule has 0 amide bonds. The number of hydrogen-bond donors (Lipinski definition) is 1. The van der Waals surface area contributed by atoms with Crippen LogP contribution in [-0.4, -0.2) is 26.3 Å². The number of aromatic nitrogens is 1. The van der Waals surface area contributed by atoms with Crippen LogP contribution < -0.4 is 14.8 Å². The number of aryl methyl sites for hydroxylation is 1. The number of nitrogens with one attached hydrogen (secondary N) is 1. The highest BCUT2D eigenvalue weighted by Gasteiger charge is 2.21. The molecule has 2 aromatic rings. The van der Waals surface area contributed by atoms with E-state index in [2.05, 4.69) is 32.3 Å². The maximum atomic E-state index is 5.56. The molecule has 4 nitrogen and oxygen atoms in total. The van der Waals surface area contributed by atoms with E-state index in [1.165, 1.54) is 0 Å². The second-order valence-corrected chi connectivity index (χ2v) is 5.45. The van der Waals surface area contributed by atoms with E-state index in [9.17, 15) is 0 Å². The van der Waals surface area contributed by atoms with Crippen molar-refractivity contribution in [3.8, 4) is 11.5 Å². The number of benzene rings is 1. The summed E-state index contributed by atoms with van der Waals surface area (Å²) < 4.78 is 11.7. The van der Waals surface area contributed by atoms with Gasteiger partial charge in [0.05, 0.1) is 20.3 Å². The van der Waals surface area contributed by atoms with Crippen LogP contribution >= 0.6 is 15.9 Å². The van der Waals surface area contributed by atoms with Gasteiger partial charge in [0.2, 0.25) is 0 Å². The molecule has 2 rings (SSSR count). The predicted octanol–water partition coefficient (Wildman–Crippen LogP) is 3.48. The molecule has 0 spiro atoms. The Bertz CT molecular complexity index is 614. The number of pyridine rings is 1. The van der Waals surface area contributed by atoms with Crippen molar-refractivity contribution in [1.29, 1.82) is 0 Å². The van der Waals surface area contributed by atoms with Crippen LogP contribution in [0.25, 0.3) is 0 Å². The van der Waals surface area contributed by atoms with E-state index in [1.54, 1.807) is 14.2 Å². The third kappa shape index (κ3) is 3.19. The molecule has 112 valence electrons. The van der Waals surface area contributed by atoms with Crippen molar-refractivity contribution in [1.82, 2.24) is 10.3 Å².